The van der Waals surface area contributed by atoms with Gasteiger partial charge in [0.2, 0.25) is 5.91 Å². The molecule has 0 bridgehead atoms. The maximum absolute atomic E-state index is 13.5. The predicted molar refractivity (Wildman–Crippen MR) is 212 cm³/mol. The summed E-state index contributed by atoms with van der Waals surface area (Å²) in [6, 6.07) is 25.7. The summed E-state index contributed by atoms with van der Waals surface area (Å²) in [5, 5.41) is 11.3. The molecule has 1 aliphatic heterocycles. The average Bonchev–Trinajstić information content (AvgIpc) is 4.05. The number of anilines is 2. The number of hydrogen-bond donors (Lipinski definition) is 7. The van der Waals surface area contributed by atoms with Crippen molar-refractivity contribution in [2.75, 3.05) is 23.8 Å². The van der Waals surface area contributed by atoms with Crippen LogP contribution >= 0.6 is 0 Å². The number of hydrogen-bond acceptors (Lipinski definition) is 8. The molecule has 1 saturated carbocycles. The first kappa shape index (κ1) is 39.0. The summed E-state index contributed by atoms with van der Waals surface area (Å²) < 4.78 is 5.50. The van der Waals surface area contributed by atoms with E-state index in [0.29, 0.717) is 72.8 Å². The van der Waals surface area contributed by atoms with Crippen LogP contribution in [0.5, 0.6) is 5.75 Å². The first-order chi connectivity index (χ1) is 27.0. The zero-order chi connectivity index (χ0) is 39.6. The Hall–Kier alpha value is -6.74. The first-order valence-corrected chi connectivity index (χ1v) is 18.3. The minimum atomic E-state index is -0.658. The Labute approximate surface area is 324 Å². The summed E-state index contributed by atoms with van der Waals surface area (Å²) in [6.07, 6.45) is 2.89. The molecule has 5 amide bonds. The summed E-state index contributed by atoms with van der Waals surface area (Å²) in [5.74, 6) is -0.719. The Bertz CT molecular complexity index is 2100. The highest BCUT2D eigenvalue weighted by atomic mass is 16.5. The van der Waals surface area contributed by atoms with Crippen molar-refractivity contribution in [1.29, 1.82) is 0 Å². The number of amides is 5. The maximum Gasteiger partial charge on any atom is 0.262 e. The molecule has 0 radical (unpaired) electrons. The number of fused-ring (bicyclic) bond motifs is 1. The van der Waals surface area contributed by atoms with Gasteiger partial charge in [0, 0.05) is 54.6 Å². The van der Waals surface area contributed by atoms with Crippen LogP contribution in [0.15, 0.2) is 96.0 Å². The van der Waals surface area contributed by atoms with Crippen molar-refractivity contribution in [3.63, 3.8) is 0 Å². The summed E-state index contributed by atoms with van der Waals surface area (Å²) in [6.45, 7) is 1.33. The van der Waals surface area contributed by atoms with Crippen molar-refractivity contribution >= 4 is 46.9 Å². The molecule has 1 atom stereocenters. The Kier molecular flexibility index (Phi) is 12.6. The number of nitrogens with one attached hydrogen (secondary N) is 4. The number of aliphatic imine (C=N–C) groups is 1. The lowest BCUT2D eigenvalue weighted by molar-refractivity contribution is -0.122. The number of carbonyl (C=O) groups is 5. The van der Waals surface area contributed by atoms with Crippen molar-refractivity contribution in [3.8, 4) is 5.75 Å². The van der Waals surface area contributed by atoms with E-state index in [1.807, 2.05) is 41.3 Å². The van der Waals surface area contributed by atoms with Crippen LogP contribution in [0.2, 0.25) is 0 Å². The van der Waals surface area contributed by atoms with Crippen molar-refractivity contribution < 1.29 is 28.7 Å². The molecule has 15 heteroatoms. The van der Waals surface area contributed by atoms with Gasteiger partial charge in [-0.1, -0.05) is 36.4 Å². The lowest BCUT2D eigenvalue weighted by atomic mass is 10.1. The van der Waals surface area contributed by atoms with Crippen LogP contribution in [0.4, 0.5) is 11.4 Å². The zero-order valence-corrected chi connectivity index (χ0v) is 30.8. The lowest BCUT2D eigenvalue weighted by Gasteiger charge is -2.24. The van der Waals surface area contributed by atoms with Gasteiger partial charge < -0.3 is 48.1 Å². The topological polar surface area (TPSA) is 236 Å². The van der Waals surface area contributed by atoms with Crippen LogP contribution < -0.4 is 43.2 Å². The molecule has 0 saturated heterocycles. The SMILES string of the molecule is NC(N)=NCCCC(N)C(=O)NCc1ccc(CNC(=O)c2ccc(NC(=O)c3ccc(CN(C(=O)c4ccc5c(c4)OCC(=O)N5)C4CC4)cc3)cc2)cc1. The molecule has 10 N–H and O–H groups in total. The highest BCUT2D eigenvalue weighted by Crippen LogP contribution is 2.33. The molecule has 4 aromatic carbocycles. The Morgan fingerprint density at radius 3 is 2.07 bits per heavy atom. The minimum absolute atomic E-state index is 0.00731. The number of carbonyl (C=O) groups excluding carboxylic acids is 5. The summed E-state index contributed by atoms with van der Waals surface area (Å²) in [7, 11) is 0. The van der Waals surface area contributed by atoms with E-state index in [0.717, 1.165) is 29.5 Å². The van der Waals surface area contributed by atoms with E-state index in [1.165, 1.54) is 0 Å². The third kappa shape index (κ3) is 10.7. The van der Waals surface area contributed by atoms with Gasteiger partial charge in [-0.05, 0) is 97.0 Å². The van der Waals surface area contributed by atoms with Crippen LogP contribution in [0.25, 0.3) is 0 Å². The van der Waals surface area contributed by atoms with E-state index in [2.05, 4.69) is 26.3 Å². The molecule has 15 nitrogen and oxygen atoms in total. The fourth-order valence-electron chi connectivity index (χ4n) is 6.02. The molecule has 4 aromatic rings. The second kappa shape index (κ2) is 18.1. The van der Waals surface area contributed by atoms with E-state index in [9.17, 15) is 24.0 Å². The van der Waals surface area contributed by atoms with Crippen molar-refractivity contribution in [3.05, 3.63) is 124 Å². The number of nitrogens with two attached hydrogens (primary N) is 3. The van der Waals surface area contributed by atoms with E-state index >= 15 is 0 Å². The highest BCUT2D eigenvalue weighted by molar-refractivity contribution is 6.04. The normalized spacial score (nSPS) is 13.6. The van der Waals surface area contributed by atoms with Crippen LogP contribution in [0.1, 0.15) is 73.4 Å². The number of guanidine groups is 1. The zero-order valence-electron chi connectivity index (χ0n) is 30.8. The van der Waals surface area contributed by atoms with Gasteiger partial charge in [-0.25, -0.2) is 0 Å². The number of ether oxygens (including phenoxy) is 1. The molecule has 0 aromatic heterocycles. The van der Waals surface area contributed by atoms with Gasteiger partial charge in [-0.3, -0.25) is 29.0 Å². The van der Waals surface area contributed by atoms with Crippen molar-refractivity contribution in [2.45, 2.75) is 57.4 Å². The molecule has 1 heterocycles. The van der Waals surface area contributed by atoms with Crippen LogP contribution in [0, 0.1) is 0 Å². The van der Waals surface area contributed by atoms with Gasteiger partial charge in [0.15, 0.2) is 12.6 Å². The second-order valence-corrected chi connectivity index (χ2v) is 13.7. The predicted octanol–water partition coefficient (Wildman–Crippen LogP) is 3.00. The average molecular weight is 760 g/mol. The van der Waals surface area contributed by atoms with E-state index in [4.69, 9.17) is 21.9 Å². The van der Waals surface area contributed by atoms with Gasteiger partial charge in [0.1, 0.15) is 5.75 Å². The first-order valence-electron chi connectivity index (χ1n) is 18.3. The smallest absolute Gasteiger partial charge is 0.262 e. The summed E-state index contributed by atoms with van der Waals surface area (Å²) in [5.41, 5.74) is 21.6. The summed E-state index contributed by atoms with van der Waals surface area (Å²) >= 11 is 0. The molecule has 1 aliphatic carbocycles. The Balaban J connectivity index is 0.938. The highest BCUT2D eigenvalue weighted by Gasteiger charge is 2.33. The standard InChI is InChI=1S/C41H45N9O6/c42-33(2-1-19-45-41(43)44)39(54)47-22-26-5-3-25(4-6-26)21-46-37(52)28-11-14-31(15-12-28)48-38(53)29-9-7-27(8-10-29)23-50(32-16-17-32)40(55)30-13-18-34-35(20-30)56-24-36(51)49-34/h3-15,18,20,32-33H,1-2,16-17,19,21-24,42H2,(H,46,52)(H,47,54)(H,48,53)(H,49,51)(H4,43,44,45). The van der Waals surface area contributed by atoms with Gasteiger partial charge in [0.05, 0.1) is 11.7 Å². The monoisotopic (exact) mass is 759 g/mol. The Morgan fingerprint density at radius 2 is 1.41 bits per heavy atom. The lowest BCUT2D eigenvalue weighted by Crippen LogP contribution is -2.40. The molecule has 1 unspecified atom stereocenters. The summed E-state index contributed by atoms with van der Waals surface area (Å²) in [4.78, 5) is 69.0. The minimum Gasteiger partial charge on any atom is -0.482 e. The van der Waals surface area contributed by atoms with Crippen molar-refractivity contribution in [2.24, 2.45) is 22.2 Å². The molecule has 290 valence electrons. The van der Waals surface area contributed by atoms with Gasteiger partial charge in [-0.2, -0.15) is 0 Å². The molecule has 56 heavy (non-hydrogen) atoms. The van der Waals surface area contributed by atoms with Crippen LogP contribution in [-0.2, 0) is 29.2 Å². The third-order valence-electron chi connectivity index (χ3n) is 9.33. The molecule has 2 aliphatic rings. The van der Waals surface area contributed by atoms with E-state index < -0.39 is 6.04 Å². The van der Waals surface area contributed by atoms with Crippen LogP contribution in [0.3, 0.4) is 0 Å². The van der Waals surface area contributed by atoms with E-state index in [1.54, 1.807) is 54.6 Å². The Morgan fingerprint density at radius 1 is 0.804 bits per heavy atom. The molecule has 1 fully saturated rings. The van der Waals surface area contributed by atoms with Gasteiger partial charge >= 0.3 is 0 Å². The third-order valence-corrected chi connectivity index (χ3v) is 9.33. The molecule has 6 rings (SSSR count). The quantitative estimate of drug-likeness (QED) is 0.0505. The fraction of sp³-hybridized carbons (Fsp3) is 0.268. The van der Waals surface area contributed by atoms with Gasteiger partial charge in [-0.15, -0.1) is 0 Å². The molecular formula is C41H45N9O6. The largest absolute Gasteiger partial charge is 0.482 e. The molecular weight excluding hydrogens is 715 g/mol. The van der Waals surface area contributed by atoms with E-state index in [-0.39, 0.29) is 48.1 Å². The maximum atomic E-state index is 13.5. The van der Waals surface area contributed by atoms with Gasteiger partial charge in [0.25, 0.3) is 23.6 Å². The number of nitrogens with zero attached hydrogens (tertiary/aromatic N) is 2. The molecule has 0 spiro atoms. The second-order valence-electron chi connectivity index (χ2n) is 13.7. The number of rotatable bonds is 16. The van der Waals surface area contributed by atoms with Crippen molar-refractivity contribution in [1.82, 2.24) is 15.5 Å². The fourth-order valence-corrected chi connectivity index (χ4v) is 6.02. The van der Waals surface area contributed by atoms with Crippen LogP contribution in [-0.4, -0.2) is 65.6 Å². The number of benzene rings is 4.